The number of nitrogens with zero attached hydrogens (tertiary/aromatic N) is 1. The molecule has 3 aliphatic heterocycles. The van der Waals surface area contributed by atoms with Crippen LogP contribution >= 0.6 is 0 Å². The molecule has 3 saturated heterocycles. The normalized spacial score (nSPS) is 28.7. The Kier molecular flexibility index (Phi) is 7.30. The zero-order valence-electron chi connectivity index (χ0n) is 20.6. The lowest BCUT2D eigenvalue weighted by molar-refractivity contribution is -0.202. The third-order valence-corrected chi connectivity index (χ3v) is 7.32. The van der Waals surface area contributed by atoms with Crippen LogP contribution < -0.4 is 0 Å². The van der Waals surface area contributed by atoms with Gasteiger partial charge >= 0.3 is 5.97 Å². The first-order valence-electron chi connectivity index (χ1n) is 12.8. The van der Waals surface area contributed by atoms with Gasteiger partial charge < -0.3 is 18.9 Å². The Morgan fingerprint density at radius 1 is 0.730 bits per heavy atom. The Hall–Kier alpha value is -3.07. The number of fused-ring (bicyclic) bond motifs is 3. The number of benzene rings is 3. The second kappa shape index (κ2) is 11.1. The van der Waals surface area contributed by atoms with Gasteiger partial charge in [-0.05, 0) is 16.7 Å². The largest absolute Gasteiger partial charge is 0.462 e. The molecule has 0 amide bonds. The lowest BCUT2D eigenvalue weighted by atomic mass is 9.92. The lowest BCUT2D eigenvalue weighted by Gasteiger charge is -2.28. The summed E-state index contributed by atoms with van der Waals surface area (Å²) < 4.78 is 24.6. The van der Waals surface area contributed by atoms with E-state index in [2.05, 4.69) is 0 Å². The highest BCUT2D eigenvalue weighted by atomic mass is 16.7. The summed E-state index contributed by atoms with van der Waals surface area (Å²) >= 11 is 0. The molecule has 6 rings (SSSR count). The van der Waals surface area contributed by atoms with Gasteiger partial charge in [-0.3, -0.25) is 9.63 Å². The molecular weight excluding hydrogens is 470 g/mol. The van der Waals surface area contributed by atoms with Crippen molar-refractivity contribution < 1.29 is 28.6 Å². The Morgan fingerprint density at radius 2 is 1.27 bits per heavy atom. The number of hydroxylamine groups is 2. The maximum atomic E-state index is 12.8. The van der Waals surface area contributed by atoms with Crippen LogP contribution in [0.15, 0.2) is 91.0 Å². The van der Waals surface area contributed by atoms with Crippen molar-refractivity contribution in [1.29, 1.82) is 0 Å². The molecule has 0 spiro atoms. The van der Waals surface area contributed by atoms with Crippen LogP contribution in [0, 0.1) is 5.92 Å². The highest BCUT2D eigenvalue weighted by molar-refractivity contribution is 5.76. The summed E-state index contributed by atoms with van der Waals surface area (Å²) in [6, 6.07) is 29.6. The van der Waals surface area contributed by atoms with Crippen molar-refractivity contribution in [2.45, 2.75) is 50.2 Å². The molecule has 0 aliphatic carbocycles. The van der Waals surface area contributed by atoms with Crippen LogP contribution in [0.4, 0.5) is 0 Å². The van der Waals surface area contributed by atoms with Crippen LogP contribution in [0.25, 0.3) is 0 Å². The molecule has 0 aromatic heterocycles. The number of carbonyl (C=O) groups excluding carboxylic acids is 1. The molecule has 192 valence electrons. The van der Waals surface area contributed by atoms with Crippen LogP contribution in [0.2, 0.25) is 0 Å². The van der Waals surface area contributed by atoms with Gasteiger partial charge in [-0.15, -0.1) is 0 Å². The minimum Gasteiger partial charge on any atom is -0.462 e. The van der Waals surface area contributed by atoms with Gasteiger partial charge in [-0.2, -0.15) is 5.06 Å². The van der Waals surface area contributed by atoms with E-state index in [1.54, 1.807) is 0 Å². The molecule has 3 aliphatic rings. The van der Waals surface area contributed by atoms with Crippen LogP contribution in [-0.4, -0.2) is 54.6 Å². The standard InChI is InChI=1S/C30H31NO6/c32-30-26-25(20-36-30)37-31-24(19-33-16-21-10-4-1-5-11-21)28(34-17-22-12-6-2-7-13-22)29(27(26)31)35-18-23-14-8-3-9-15-23/h1-15,24-29H,16-20H2/t24-,25-,26+,27+,28-,29+/m1/s1. The van der Waals surface area contributed by atoms with Crippen LogP contribution in [-0.2, 0) is 48.4 Å². The molecule has 0 saturated carbocycles. The number of carbonyl (C=O) groups is 1. The summed E-state index contributed by atoms with van der Waals surface area (Å²) in [7, 11) is 0. The molecule has 7 nitrogen and oxygen atoms in total. The summed E-state index contributed by atoms with van der Waals surface area (Å²) in [5.41, 5.74) is 3.22. The van der Waals surface area contributed by atoms with Crippen molar-refractivity contribution in [1.82, 2.24) is 5.06 Å². The van der Waals surface area contributed by atoms with Gasteiger partial charge in [0.2, 0.25) is 0 Å². The topological polar surface area (TPSA) is 66.5 Å². The summed E-state index contributed by atoms with van der Waals surface area (Å²) in [4.78, 5) is 19.1. The Morgan fingerprint density at radius 3 is 1.86 bits per heavy atom. The average Bonchev–Trinajstić information content (AvgIpc) is 3.58. The summed E-state index contributed by atoms with van der Waals surface area (Å²) in [5.74, 6) is -0.652. The van der Waals surface area contributed by atoms with Crippen molar-refractivity contribution >= 4 is 5.97 Å². The zero-order valence-corrected chi connectivity index (χ0v) is 20.6. The smallest absolute Gasteiger partial charge is 0.313 e. The second-order valence-electron chi connectivity index (χ2n) is 9.74. The van der Waals surface area contributed by atoms with Gasteiger partial charge in [0.05, 0.1) is 38.5 Å². The van der Waals surface area contributed by atoms with E-state index < -0.39 is 12.0 Å². The minimum atomic E-state index is -0.414. The summed E-state index contributed by atoms with van der Waals surface area (Å²) in [5, 5.41) is 1.91. The highest BCUT2D eigenvalue weighted by Crippen LogP contribution is 2.45. The number of hydrogen-bond donors (Lipinski definition) is 0. The molecule has 6 atom stereocenters. The van der Waals surface area contributed by atoms with Crippen LogP contribution in [0.1, 0.15) is 16.7 Å². The van der Waals surface area contributed by atoms with Crippen molar-refractivity contribution in [3.63, 3.8) is 0 Å². The fourth-order valence-electron chi connectivity index (χ4n) is 5.54. The average molecular weight is 502 g/mol. The summed E-state index contributed by atoms with van der Waals surface area (Å²) in [6.07, 6.45) is -1.07. The molecule has 3 heterocycles. The lowest BCUT2D eigenvalue weighted by Crippen LogP contribution is -2.43. The molecule has 3 fully saturated rings. The van der Waals surface area contributed by atoms with Gasteiger partial charge in [-0.25, -0.2) is 0 Å². The van der Waals surface area contributed by atoms with Crippen molar-refractivity contribution in [3.05, 3.63) is 108 Å². The maximum Gasteiger partial charge on any atom is 0.313 e. The molecule has 0 bridgehead atoms. The monoisotopic (exact) mass is 501 g/mol. The Balaban J connectivity index is 1.25. The zero-order chi connectivity index (χ0) is 25.0. The number of cyclic esters (lactones) is 1. The molecule has 3 aromatic carbocycles. The third kappa shape index (κ3) is 5.19. The fourth-order valence-corrected chi connectivity index (χ4v) is 5.54. The first-order valence-corrected chi connectivity index (χ1v) is 12.8. The molecule has 3 aromatic rings. The van der Waals surface area contributed by atoms with Crippen molar-refractivity contribution in [2.75, 3.05) is 13.2 Å². The van der Waals surface area contributed by atoms with Crippen molar-refractivity contribution in [2.24, 2.45) is 5.92 Å². The minimum absolute atomic E-state index is 0.238. The van der Waals surface area contributed by atoms with Crippen LogP contribution in [0.5, 0.6) is 0 Å². The fraction of sp³-hybridized carbons (Fsp3) is 0.367. The predicted octanol–water partition coefficient (Wildman–Crippen LogP) is 3.91. The Bertz CT molecular complexity index is 1160. The molecule has 0 unspecified atom stereocenters. The first kappa shape index (κ1) is 24.3. The molecular formula is C30H31NO6. The highest BCUT2D eigenvalue weighted by Gasteiger charge is 2.64. The van der Waals surface area contributed by atoms with Crippen molar-refractivity contribution in [3.8, 4) is 0 Å². The van der Waals surface area contributed by atoms with E-state index in [1.165, 1.54) is 0 Å². The number of esters is 1. The van der Waals surface area contributed by atoms with Gasteiger partial charge in [0, 0.05) is 0 Å². The number of rotatable bonds is 10. The SMILES string of the molecule is O=C1OC[C@H]2ON3[C@H]([C@H](OCc4ccccc4)[C@H](OCc4ccccc4)[C@H]3COCc3ccccc3)[C@@H]12. The molecule has 37 heavy (non-hydrogen) atoms. The second-order valence-corrected chi connectivity index (χ2v) is 9.74. The van der Waals surface area contributed by atoms with E-state index in [4.69, 9.17) is 23.8 Å². The van der Waals surface area contributed by atoms with E-state index in [9.17, 15) is 4.79 Å². The first-order chi connectivity index (χ1) is 18.3. The van der Waals surface area contributed by atoms with E-state index in [0.29, 0.717) is 26.4 Å². The van der Waals surface area contributed by atoms with E-state index >= 15 is 0 Å². The van der Waals surface area contributed by atoms with E-state index in [1.807, 2.05) is 96.1 Å². The molecule has 0 N–H and O–H groups in total. The van der Waals surface area contributed by atoms with Gasteiger partial charge in [0.1, 0.15) is 30.8 Å². The number of ether oxygens (including phenoxy) is 4. The molecule has 7 heteroatoms. The van der Waals surface area contributed by atoms with Crippen LogP contribution in [0.3, 0.4) is 0 Å². The van der Waals surface area contributed by atoms with Gasteiger partial charge in [0.25, 0.3) is 0 Å². The summed E-state index contributed by atoms with van der Waals surface area (Å²) in [6.45, 7) is 1.95. The van der Waals surface area contributed by atoms with Gasteiger partial charge in [0.15, 0.2) is 0 Å². The quantitative estimate of drug-likeness (QED) is 0.390. The van der Waals surface area contributed by atoms with Gasteiger partial charge in [-0.1, -0.05) is 91.0 Å². The Labute approximate surface area is 216 Å². The van der Waals surface area contributed by atoms with E-state index in [-0.39, 0.29) is 36.9 Å². The molecule has 0 radical (unpaired) electrons. The third-order valence-electron chi connectivity index (χ3n) is 7.32. The van der Waals surface area contributed by atoms with E-state index in [0.717, 1.165) is 16.7 Å². The predicted molar refractivity (Wildman–Crippen MR) is 135 cm³/mol. The maximum absolute atomic E-state index is 12.8. The number of hydrogen-bond acceptors (Lipinski definition) is 7.